The number of thiazole rings is 1. The van der Waals surface area contributed by atoms with Crippen LogP contribution in [0.2, 0.25) is 0 Å². The first-order valence-corrected chi connectivity index (χ1v) is 17.5. The number of amides is 2. The average Bonchev–Trinajstić information content (AvgIpc) is 3.68. The van der Waals surface area contributed by atoms with Crippen LogP contribution in [0.25, 0.3) is 21.3 Å². The maximum atomic E-state index is 13.2. The van der Waals surface area contributed by atoms with Gasteiger partial charge < -0.3 is 24.8 Å². The second-order valence-corrected chi connectivity index (χ2v) is 14.1. The van der Waals surface area contributed by atoms with Gasteiger partial charge >= 0.3 is 0 Å². The van der Waals surface area contributed by atoms with Crippen molar-refractivity contribution in [1.82, 2.24) is 29.7 Å². The van der Waals surface area contributed by atoms with Crippen LogP contribution in [0.3, 0.4) is 0 Å². The summed E-state index contributed by atoms with van der Waals surface area (Å²) in [6, 6.07) is 8.00. The lowest BCUT2D eigenvalue weighted by molar-refractivity contribution is -0.125. The number of methoxy groups -OCH3 is 1. The number of anilines is 1. The number of carbonyl (C=O) groups is 2. The molecule has 0 unspecified atom stereocenters. The Labute approximate surface area is 283 Å². The van der Waals surface area contributed by atoms with E-state index < -0.39 is 6.10 Å². The Morgan fingerprint density at radius 1 is 1.10 bits per heavy atom. The lowest BCUT2D eigenvalue weighted by Crippen LogP contribution is -2.60. The van der Waals surface area contributed by atoms with Gasteiger partial charge in [-0.3, -0.25) is 19.5 Å². The van der Waals surface area contributed by atoms with Gasteiger partial charge in [-0.15, -0.1) is 0 Å². The number of aromatic nitrogens is 4. The Morgan fingerprint density at radius 3 is 2.62 bits per heavy atom. The standard InChI is InChI=1S/C35H41N7O5S/c1-20-13-22(9-10-36-20)34(45)41-11-12-42(21(2)18-41)25-14-23(15-25)33(44)40-35-39-27-8-7-26(31(46-3)32(27)48-35)24-16-37-30(38-17-24)19-47-29-6-4-5-28(29)43/h7-10,13,16-17,21,23,25,28-29,43H,4-6,11-12,14-15,18-19H2,1-3H3,(H,39,40,44)/t21-,23-,25+,28-,29-/m0/s1. The number of carbonyl (C=O) groups excluding carboxylic acids is 2. The number of nitrogens with zero attached hydrogens (tertiary/aromatic N) is 6. The summed E-state index contributed by atoms with van der Waals surface area (Å²) in [7, 11) is 1.62. The molecule has 2 saturated carbocycles. The lowest BCUT2D eigenvalue weighted by Gasteiger charge is -2.49. The zero-order valence-corrected chi connectivity index (χ0v) is 28.3. The highest BCUT2D eigenvalue weighted by Crippen LogP contribution is 2.41. The first kappa shape index (κ1) is 32.5. The predicted octanol–water partition coefficient (Wildman–Crippen LogP) is 4.46. The number of nitrogens with one attached hydrogen (secondary N) is 1. The molecule has 4 heterocycles. The largest absolute Gasteiger partial charge is 0.495 e. The van der Waals surface area contributed by atoms with E-state index in [0.717, 1.165) is 65.7 Å². The molecule has 2 aliphatic carbocycles. The number of hydrogen-bond acceptors (Lipinski definition) is 11. The lowest BCUT2D eigenvalue weighted by atomic mass is 9.78. The minimum atomic E-state index is -0.419. The van der Waals surface area contributed by atoms with Crippen LogP contribution < -0.4 is 10.1 Å². The number of ether oxygens (including phenoxy) is 2. The quantitative estimate of drug-likeness (QED) is 0.262. The Morgan fingerprint density at radius 2 is 1.92 bits per heavy atom. The molecule has 0 bridgehead atoms. The molecular weight excluding hydrogens is 630 g/mol. The Hall–Kier alpha value is -4.04. The Kier molecular flexibility index (Phi) is 9.36. The second-order valence-electron chi connectivity index (χ2n) is 13.1. The summed E-state index contributed by atoms with van der Waals surface area (Å²) in [5.41, 5.74) is 3.88. The number of hydrogen-bond donors (Lipinski definition) is 2. The van der Waals surface area contributed by atoms with E-state index in [1.807, 2.05) is 30.0 Å². The summed E-state index contributed by atoms with van der Waals surface area (Å²) >= 11 is 1.39. The molecule has 48 heavy (non-hydrogen) atoms. The van der Waals surface area contributed by atoms with E-state index in [1.54, 1.807) is 31.8 Å². The number of aliphatic hydroxyl groups excluding tert-OH is 1. The van der Waals surface area contributed by atoms with E-state index in [2.05, 4.69) is 37.1 Å². The van der Waals surface area contributed by atoms with E-state index in [4.69, 9.17) is 9.47 Å². The van der Waals surface area contributed by atoms with Crippen LogP contribution >= 0.6 is 11.3 Å². The zero-order valence-electron chi connectivity index (χ0n) is 27.5. The van der Waals surface area contributed by atoms with Crippen molar-refractivity contribution < 1.29 is 24.2 Å². The molecule has 3 aromatic heterocycles. The van der Waals surface area contributed by atoms with Crippen molar-refractivity contribution in [3.05, 3.63) is 59.9 Å². The summed E-state index contributed by atoms with van der Waals surface area (Å²) in [4.78, 5) is 48.5. The molecule has 2 amide bonds. The van der Waals surface area contributed by atoms with Crippen molar-refractivity contribution in [2.24, 2.45) is 5.92 Å². The van der Waals surface area contributed by atoms with Gasteiger partial charge in [0.2, 0.25) is 5.91 Å². The van der Waals surface area contributed by atoms with E-state index in [1.165, 1.54) is 11.3 Å². The van der Waals surface area contributed by atoms with Crippen molar-refractivity contribution in [2.45, 2.75) is 76.9 Å². The first-order chi connectivity index (χ1) is 23.3. The molecule has 7 rings (SSSR count). The number of aliphatic hydroxyl groups is 1. The average molecular weight is 672 g/mol. The number of piperazine rings is 1. The predicted molar refractivity (Wildman–Crippen MR) is 182 cm³/mol. The van der Waals surface area contributed by atoms with Crippen LogP contribution in [0.5, 0.6) is 5.75 Å². The summed E-state index contributed by atoms with van der Waals surface area (Å²) in [5, 5.41) is 13.6. The summed E-state index contributed by atoms with van der Waals surface area (Å²) in [6.07, 6.45) is 8.76. The number of benzene rings is 1. The van der Waals surface area contributed by atoms with Crippen LogP contribution in [0, 0.1) is 12.8 Å². The van der Waals surface area contributed by atoms with Gasteiger partial charge in [0.05, 0.1) is 29.5 Å². The third-order valence-corrected chi connectivity index (χ3v) is 10.9. The van der Waals surface area contributed by atoms with E-state index in [9.17, 15) is 14.7 Å². The van der Waals surface area contributed by atoms with Crippen LogP contribution in [-0.4, -0.2) is 97.7 Å². The van der Waals surface area contributed by atoms with Gasteiger partial charge in [-0.25, -0.2) is 15.0 Å². The van der Waals surface area contributed by atoms with Gasteiger partial charge in [0.25, 0.3) is 5.91 Å². The van der Waals surface area contributed by atoms with E-state index in [-0.39, 0.29) is 36.5 Å². The summed E-state index contributed by atoms with van der Waals surface area (Å²) in [6.45, 7) is 6.43. The van der Waals surface area contributed by atoms with Crippen LogP contribution in [-0.2, 0) is 16.1 Å². The molecule has 13 heteroatoms. The highest BCUT2D eigenvalue weighted by Gasteiger charge is 2.41. The van der Waals surface area contributed by atoms with E-state index >= 15 is 0 Å². The fourth-order valence-electron chi connectivity index (χ4n) is 7.14. The molecule has 252 valence electrons. The Balaban J connectivity index is 0.941. The van der Waals surface area contributed by atoms with Gasteiger partial charge in [-0.05, 0) is 70.2 Å². The maximum Gasteiger partial charge on any atom is 0.254 e. The van der Waals surface area contributed by atoms with Gasteiger partial charge in [0.1, 0.15) is 12.4 Å². The molecule has 4 aromatic rings. The first-order valence-electron chi connectivity index (χ1n) is 16.6. The van der Waals surface area contributed by atoms with Gasteiger partial charge in [0, 0.05) is 78.6 Å². The topological polar surface area (TPSA) is 143 Å². The second kappa shape index (κ2) is 13.8. The molecule has 0 radical (unpaired) electrons. The molecule has 1 aromatic carbocycles. The third kappa shape index (κ3) is 6.64. The number of fused-ring (bicyclic) bond motifs is 1. The fourth-order valence-corrected chi connectivity index (χ4v) is 8.14. The van der Waals surface area contributed by atoms with Crippen molar-refractivity contribution >= 4 is 38.5 Å². The van der Waals surface area contributed by atoms with Gasteiger partial charge in [0.15, 0.2) is 11.0 Å². The highest BCUT2D eigenvalue weighted by atomic mass is 32.1. The zero-order chi connectivity index (χ0) is 33.4. The van der Waals surface area contributed by atoms with Gasteiger partial charge in [-0.2, -0.15) is 0 Å². The third-order valence-electron chi connectivity index (χ3n) is 9.87. The summed E-state index contributed by atoms with van der Waals surface area (Å²) in [5.74, 6) is 1.16. The Bertz CT molecular complexity index is 1790. The number of pyridine rings is 1. The van der Waals surface area contributed by atoms with Crippen molar-refractivity contribution in [1.29, 1.82) is 0 Å². The molecular formula is C35H41N7O5S. The highest BCUT2D eigenvalue weighted by molar-refractivity contribution is 7.22. The summed E-state index contributed by atoms with van der Waals surface area (Å²) < 4.78 is 12.5. The van der Waals surface area contributed by atoms with Crippen LogP contribution in [0.4, 0.5) is 5.13 Å². The molecule has 0 spiro atoms. The number of rotatable bonds is 9. The van der Waals surface area contributed by atoms with E-state index in [0.29, 0.717) is 41.4 Å². The van der Waals surface area contributed by atoms with Crippen LogP contribution in [0.15, 0.2) is 42.9 Å². The van der Waals surface area contributed by atoms with Crippen molar-refractivity contribution in [3.63, 3.8) is 0 Å². The SMILES string of the molecule is COc1c(-c2cnc(CO[C@H]3CCC[C@@H]3O)nc2)ccc2nc(NC(=O)[C@H]3C[C@@H](N4CCN(C(=O)c5ccnc(C)c5)C[C@@H]4C)C3)sc12. The molecule has 3 aliphatic rings. The smallest absolute Gasteiger partial charge is 0.254 e. The van der Waals surface area contributed by atoms with Crippen LogP contribution in [0.1, 0.15) is 60.9 Å². The monoisotopic (exact) mass is 671 g/mol. The molecule has 3 fully saturated rings. The minimum Gasteiger partial charge on any atom is -0.495 e. The minimum absolute atomic E-state index is 0.0182. The van der Waals surface area contributed by atoms with Crippen molar-refractivity contribution in [3.8, 4) is 16.9 Å². The van der Waals surface area contributed by atoms with Crippen molar-refractivity contribution in [2.75, 3.05) is 32.1 Å². The molecule has 2 N–H and O–H groups in total. The molecule has 1 saturated heterocycles. The normalized spacial score (nSPS) is 24.4. The maximum absolute atomic E-state index is 13.2. The number of aryl methyl sites for hydroxylation is 1. The molecule has 12 nitrogen and oxygen atoms in total. The fraction of sp³-hybridized carbons (Fsp3) is 0.486. The molecule has 3 atom stereocenters. The molecule has 1 aliphatic heterocycles. The van der Waals surface area contributed by atoms with Gasteiger partial charge in [-0.1, -0.05) is 11.3 Å².